The highest BCUT2D eigenvalue weighted by molar-refractivity contribution is 5.97. The predicted molar refractivity (Wildman–Crippen MR) is 147 cm³/mol. The van der Waals surface area contributed by atoms with Crippen molar-refractivity contribution in [2.24, 2.45) is 11.7 Å². The Bertz CT molecular complexity index is 1300. The zero-order valence-electron chi connectivity index (χ0n) is 20.7. The normalized spacial score (nSPS) is 14.7. The van der Waals surface area contributed by atoms with Crippen molar-refractivity contribution in [3.63, 3.8) is 0 Å². The summed E-state index contributed by atoms with van der Waals surface area (Å²) in [6.07, 6.45) is 6.74. The van der Waals surface area contributed by atoms with Gasteiger partial charge in [0.15, 0.2) is 0 Å². The van der Waals surface area contributed by atoms with E-state index in [-0.39, 0.29) is 36.1 Å². The minimum atomic E-state index is -0.293. The Morgan fingerprint density at radius 3 is 2.41 bits per heavy atom. The van der Waals surface area contributed by atoms with E-state index in [1.807, 2.05) is 60.7 Å². The molecule has 190 valence electrons. The molecule has 3 aromatic carbocycles. The van der Waals surface area contributed by atoms with Crippen LogP contribution in [0.2, 0.25) is 0 Å². The summed E-state index contributed by atoms with van der Waals surface area (Å²) in [6, 6.07) is 23.9. The lowest BCUT2D eigenvalue weighted by molar-refractivity contribution is 0.0902. The SMILES string of the molecule is N=C(N)C1=CCCC(CC(CO)C(Cc2ccccc2)NC(=O)c2ccc(-c3cccc(O)c3)cc2)=C1. The fraction of sp³-hybridized carbons (Fsp3) is 0.226. The Hall–Kier alpha value is -4.16. The van der Waals surface area contributed by atoms with Crippen LogP contribution in [0.25, 0.3) is 11.1 Å². The topological polar surface area (TPSA) is 119 Å². The van der Waals surface area contributed by atoms with E-state index in [0.29, 0.717) is 24.0 Å². The van der Waals surface area contributed by atoms with Crippen molar-refractivity contribution >= 4 is 11.7 Å². The van der Waals surface area contributed by atoms with Crippen molar-refractivity contribution in [3.05, 3.63) is 113 Å². The van der Waals surface area contributed by atoms with Gasteiger partial charge in [-0.15, -0.1) is 0 Å². The van der Waals surface area contributed by atoms with Gasteiger partial charge in [0, 0.05) is 29.7 Å². The van der Waals surface area contributed by atoms with Crippen molar-refractivity contribution in [1.82, 2.24) is 5.32 Å². The number of aliphatic hydroxyl groups excluding tert-OH is 1. The van der Waals surface area contributed by atoms with Crippen molar-refractivity contribution in [1.29, 1.82) is 5.41 Å². The van der Waals surface area contributed by atoms with Crippen LogP contribution < -0.4 is 11.1 Å². The first-order chi connectivity index (χ1) is 17.9. The Morgan fingerprint density at radius 2 is 1.73 bits per heavy atom. The van der Waals surface area contributed by atoms with E-state index >= 15 is 0 Å². The van der Waals surface area contributed by atoms with Gasteiger partial charge in [0.25, 0.3) is 5.91 Å². The first-order valence-corrected chi connectivity index (χ1v) is 12.5. The third-order valence-electron chi connectivity index (χ3n) is 6.77. The van der Waals surface area contributed by atoms with Crippen molar-refractivity contribution in [3.8, 4) is 16.9 Å². The van der Waals surface area contributed by atoms with Crippen LogP contribution in [0.5, 0.6) is 5.75 Å². The fourth-order valence-corrected chi connectivity index (χ4v) is 4.74. The summed E-state index contributed by atoms with van der Waals surface area (Å²) in [5.74, 6) is -0.171. The highest BCUT2D eigenvalue weighted by Gasteiger charge is 2.25. The van der Waals surface area contributed by atoms with E-state index in [1.165, 1.54) is 0 Å². The number of allylic oxidation sites excluding steroid dienone is 2. The maximum Gasteiger partial charge on any atom is 0.251 e. The highest BCUT2D eigenvalue weighted by atomic mass is 16.3. The maximum absolute atomic E-state index is 13.3. The minimum Gasteiger partial charge on any atom is -0.508 e. The average molecular weight is 496 g/mol. The zero-order valence-corrected chi connectivity index (χ0v) is 20.7. The third-order valence-corrected chi connectivity index (χ3v) is 6.77. The van der Waals surface area contributed by atoms with Gasteiger partial charge >= 0.3 is 0 Å². The van der Waals surface area contributed by atoms with Crippen LogP contribution in [0.4, 0.5) is 0 Å². The van der Waals surface area contributed by atoms with Gasteiger partial charge in [0.1, 0.15) is 11.6 Å². The van der Waals surface area contributed by atoms with Crippen molar-refractivity contribution < 1.29 is 15.0 Å². The standard InChI is InChI=1S/C31H33N3O3/c32-30(33)26-10-4-8-22(16-26)17-27(20-35)29(18-21-6-2-1-3-7-21)34-31(37)24-14-12-23(13-15-24)25-9-5-11-28(36)19-25/h1-3,5-7,9-16,19,27,29,35-36H,4,8,17-18,20H2,(H3,32,33)(H,34,37). The molecule has 1 aliphatic rings. The van der Waals surface area contributed by atoms with Gasteiger partial charge < -0.3 is 21.3 Å². The van der Waals surface area contributed by atoms with Crippen LogP contribution >= 0.6 is 0 Å². The summed E-state index contributed by atoms with van der Waals surface area (Å²) >= 11 is 0. The second-order valence-corrected chi connectivity index (χ2v) is 9.46. The number of nitrogens with two attached hydrogens (primary N) is 1. The summed E-state index contributed by atoms with van der Waals surface area (Å²) in [7, 11) is 0. The molecule has 0 radical (unpaired) electrons. The highest BCUT2D eigenvalue weighted by Crippen LogP contribution is 2.27. The number of carbonyl (C=O) groups excluding carboxylic acids is 1. The number of hydrogen-bond acceptors (Lipinski definition) is 4. The number of amides is 1. The van der Waals surface area contributed by atoms with E-state index in [0.717, 1.165) is 35.1 Å². The number of phenolic OH excluding ortho intramolecular Hbond substituents is 1. The van der Waals surface area contributed by atoms with Crippen LogP contribution in [-0.4, -0.2) is 34.6 Å². The van der Waals surface area contributed by atoms with Gasteiger partial charge in [-0.3, -0.25) is 10.2 Å². The van der Waals surface area contributed by atoms with E-state index in [9.17, 15) is 15.0 Å². The molecule has 0 aliphatic heterocycles. The lowest BCUT2D eigenvalue weighted by Crippen LogP contribution is -2.43. The molecule has 1 aliphatic carbocycles. The van der Waals surface area contributed by atoms with Gasteiger partial charge in [-0.05, 0) is 66.6 Å². The molecule has 4 rings (SSSR count). The summed E-state index contributed by atoms with van der Waals surface area (Å²) < 4.78 is 0. The largest absolute Gasteiger partial charge is 0.508 e. The molecule has 6 N–H and O–H groups in total. The molecule has 0 bridgehead atoms. The van der Waals surface area contributed by atoms with E-state index in [2.05, 4.69) is 5.32 Å². The Kier molecular flexibility index (Phi) is 8.54. The predicted octanol–water partition coefficient (Wildman–Crippen LogP) is 4.98. The second-order valence-electron chi connectivity index (χ2n) is 9.46. The van der Waals surface area contributed by atoms with E-state index in [4.69, 9.17) is 11.1 Å². The summed E-state index contributed by atoms with van der Waals surface area (Å²) in [5, 5.41) is 31.1. The lowest BCUT2D eigenvalue weighted by atomic mass is 9.85. The van der Waals surface area contributed by atoms with Gasteiger partial charge in [0.2, 0.25) is 0 Å². The molecule has 3 aromatic rings. The molecule has 0 saturated carbocycles. The number of aliphatic hydroxyl groups is 1. The molecular weight excluding hydrogens is 462 g/mol. The van der Waals surface area contributed by atoms with Crippen LogP contribution in [0.15, 0.2) is 102 Å². The Balaban J connectivity index is 1.53. The van der Waals surface area contributed by atoms with Gasteiger partial charge in [-0.25, -0.2) is 0 Å². The molecule has 0 aromatic heterocycles. The van der Waals surface area contributed by atoms with Gasteiger partial charge in [-0.2, -0.15) is 0 Å². The quantitative estimate of drug-likeness (QED) is 0.201. The smallest absolute Gasteiger partial charge is 0.251 e. The van der Waals surface area contributed by atoms with E-state index in [1.54, 1.807) is 30.3 Å². The van der Waals surface area contributed by atoms with Crippen LogP contribution in [0, 0.1) is 11.3 Å². The zero-order chi connectivity index (χ0) is 26.2. The molecule has 1 amide bonds. The molecule has 6 heteroatoms. The molecule has 0 fully saturated rings. The van der Waals surface area contributed by atoms with Crippen LogP contribution in [0.1, 0.15) is 35.2 Å². The monoisotopic (exact) mass is 495 g/mol. The van der Waals surface area contributed by atoms with E-state index < -0.39 is 0 Å². The third kappa shape index (κ3) is 6.96. The molecule has 2 atom stereocenters. The molecule has 0 saturated heterocycles. The fourth-order valence-electron chi connectivity index (χ4n) is 4.74. The number of carbonyl (C=O) groups is 1. The molecular formula is C31H33N3O3. The number of nitrogens with one attached hydrogen (secondary N) is 2. The van der Waals surface area contributed by atoms with Gasteiger partial charge in [0.05, 0.1) is 0 Å². The number of benzene rings is 3. The summed E-state index contributed by atoms with van der Waals surface area (Å²) in [6.45, 7) is -0.0787. The number of aromatic hydroxyl groups is 1. The minimum absolute atomic E-state index is 0.0426. The second kappa shape index (κ2) is 12.2. The van der Waals surface area contributed by atoms with Crippen LogP contribution in [0.3, 0.4) is 0 Å². The first kappa shape index (κ1) is 25.9. The Labute approximate surface area is 217 Å². The first-order valence-electron chi connectivity index (χ1n) is 12.5. The number of phenols is 1. The maximum atomic E-state index is 13.3. The molecule has 37 heavy (non-hydrogen) atoms. The molecule has 0 spiro atoms. The molecule has 2 unspecified atom stereocenters. The van der Waals surface area contributed by atoms with Gasteiger partial charge in [-0.1, -0.05) is 72.3 Å². The lowest BCUT2D eigenvalue weighted by Gasteiger charge is -2.29. The Morgan fingerprint density at radius 1 is 0.973 bits per heavy atom. The average Bonchev–Trinajstić information content (AvgIpc) is 2.92. The summed E-state index contributed by atoms with van der Waals surface area (Å²) in [4.78, 5) is 13.3. The number of hydrogen-bond donors (Lipinski definition) is 5. The van der Waals surface area contributed by atoms with Crippen molar-refractivity contribution in [2.45, 2.75) is 31.7 Å². The number of rotatable bonds is 10. The molecule has 0 heterocycles. The molecule has 6 nitrogen and oxygen atoms in total. The summed E-state index contributed by atoms with van der Waals surface area (Å²) in [5.41, 5.74) is 10.9. The van der Waals surface area contributed by atoms with Crippen LogP contribution in [-0.2, 0) is 6.42 Å². The van der Waals surface area contributed by atoms with Crippen molar-refractivity contribution in [2.75, 3.05) is 6.61 Å². The number of amidine groups is 1.